The lowest BCUT2D eigenvalue weighted by atomic mass is 9.87. The molecule has 6 nitrogen and oxygen atoms in total. The summed E-state index contributed by atoms with van der Waals surface area (Å²) in [4.78, 5) is 24.8. The molecular formula is C27H29N3O3. The van der Waals surface area contributed by atoms with Crippen LogP contribution in [0.2, 0.25) is 0 Å². The van der Waals surface area contributed by atoms with Gasteiger partial charge in [-0.05, 0) is 84.1 Å². The second-order valence-electron chi connectivity index (χ2n) is 8.56. The minimum Gasteiger partial charge on any atom is -0.494 e. The number of ether oxygens (including phenoxy) is 1. The first-order valence-corrected chi connectivity index (χ1v) is 10.8. The molecule has 0 heterocycles. The second-order valence-corrected chi connectivity index (χ2v) is 8.56. The van der Waals surface area contributed by atoms with Crippen molar-refractivity contribution in [2.45, 2.75) is 33.1 Å². The van der Waals surface area contributed by atoms with Crippen molar-refractivity contribution in [3.63, 3.8) is 0 Å². The summed E-state index contributed by atoms with van der Waals surface area (Å²) in [6.07, 6.45) is 1.56. The highest BCUT2D eigenvalue weighted by molar-refractivity contribution is 6.04. The maximum atomic E-state index is 12.5. The van der Waals surface area contributed by atoms with Crippen LogP contribution in [0.4, 0.5) is 5.69 Å². The maximum absolute atomic E-state index is 12.5. The van der Waals surface area contributed by atoms with Crippen LogP contribution in [0.5, 0.6) is 5.75 Å². The van der Waals surface area contributed by atoms with Gasteiger partial charge in [-0.25, -0.2) is 5.43 Å². The van der Waals surface area contributed by atoms with E-state index in [1.165, 1.54) is 5.56 Å². The fourth-order valence-electron chi connectivity index (χ4n) is 3.08. The first-order valence-electron chi connectivity index (χ1n) is 10.8. The van der Waals surface area contributed by atoms with Crippen molar-refractivity contribution >= 4 is 23.7 Å². The highest BCUT2D eigenvalue weighted by atomic mass is 16.5. The van der Waals surface area contributed by atoms with Gasteiger partial charge in [0.05, 0.1) is 12.8 Å². The van der Waals surface area contributed by atoms with Crippen LogP contribution >= 0.6 is 0 Å². The van der Waals surface area contributed by atoms with E-state index in [9.17, 15) is 9.59 Å². The van der Waals surface area contributed by atoms with Gasteiger partial charge in [0.2, 0.25) is 0 Å². The molecule has 0 saturated carbocycles. The van der Waals surface area contributed by atoms with Crippen molar-refractivity contribution in [3.8, 4) is 5.75 Å². The van der Waals surface area contributed by atoms with Crippen LogP contribution in [-0.4, -0.2) is 24.6 Å². The number of anilines is 1. The minimum atomic E-state index is -0.340. The molecule has 6 heteroatoms. The Kier molecular flexibility index (Phi) is 7.61. The Bertz CT molecular complexity index is 1110. The van der Waals surface area contributed by atoms with Crippen LogP contribution in [0.25, 0.3) is 0 Å². The summed E-state index contributed by atoms with van der Waals surface area (Å²) in [6, 6.07) is 21.6. The molecule has 0 aliphatic rings. The molecule has 2 N–H and O–H groups in total. The average Bonchev–Trinajstić information content (AvgIpc) is 2.80. The van der Waals surface area contributed by atoms with Crippen LogP contribution in [0, 0.1) is 0 Å². The van der Waals surface area contributed by atoms with Crippen molar-refractivity contribution in [2.75, 3.05) is 11.9 Å². The van der Waals surface area contributed by atoms with Crippen molar-refractivity contribution in [1.82, 2.24) is 5.43 Å². The number of carbonyl (C=O) groups is 2. The Morgan fingerprint density at radius 2 is 1.42 bits per heavy atom. The number of nitrogens with one attached hydrogen (secondary N) is 2. The Balaban J connectivity index is 1.54. The summed E-state index contributed by atoms with van der Waals surface area (Å²) in [5.41, 5.74) is 6.16. The number of hydrazone groups is 1. The highest BCUT2D eigenvalue weighted by Gasteiger charge is 2.14. The van der Waals surface area contributed by atoms with E-state index < -0.39 is 0 Å². The van der Waals surface area contributed by atoms with Gasteiger partial charge in [0.1, 0.15) is 5.75 Å². The monoisotopic (exact) mass is 443 g/mol. The summed E-state index contributed by atoms with van der Waals surface area (Å²) in [7, 11) is 0. The van der Waals surface area contributed by atoms with E-state index in [0.717, 1.165) is 11.3 Å². The SMILES string of the molecule is CCOc1ccc(C=NNC(=O)c2ccc(NC(=O)c3ccc(C(C)(C)C)cc3)cc2)cc1. The van der Waals surface area contributed by atoms with Crippen molar-refractivity contribution in [3.05, 3.63) is 95.1 Å². The van der Waals surface area contributed by atoms with Crippen LogP contribution < -0.4 is 15.5 Å². The van der Waals surface area contributed by atoms with Gasteiger partial charge in [-0.1, -0.05) is 32.9 Å². The number of hydrogen-bond donors (Lipinski definition) is 2. The lowest BCUT2D eigenvalue weighted by Crippen LogP contribution is -2.18. The summed E-state index contributed by atoms with van der Waals surface area (Å²) < 4.78 is 5.40. The van der Waals surface area contributed by atoms with Gasteiger partial charge < -0.3 is 10.1 Å². The number of nitrogens with zero attached hydrogens (tertiary/aromatic N) is 1. The summed E-state index contributed by atoms with van der Waals surface area (Å²) >= 11 is 0. The van der Waals surface area contributed by atoms with Gasteiger partial charge in [0.15, 0.2) is 0 Å². The van der Waals surface area contributed by atoms with Gasteiger partial charge in [-0.3, -0.25) is 9.59 Å². The Labute approximate surface area is 194 Å². The smallest absolute Gasteiger partial charge is 0.271 e. The molecule has 170 valence electrons. The molecule has 0 aliphatic heterocycles. The molecule has 0 spiro atoms. The molecular weight excluding hydrogens is 414 g/mol. The Hall–Kier alpha value is -3.93. The van der Waals surface area contributed by atoms with Crippen molar-refractivity contribution in [2.24, 2.45) is 5.10 Å². The van der Waals surface area contributed by atoms with Gasteiger partial charge in [0.25, 0.3) is 11.8 Å². The first kappa shape index (κ1) is 23.7. The molecule has 0 bridgehead atoms. The van der Waals surface area contributed by atoms with Gasteiger partial charge in [-0.15, -0.1) is 0 Å². The van der Waals surface area contributed by atoms with E-state index in [1.54, 1.807) is 30.5 Å². The predicted molar refractivity (Wildman–Crippen MR) is 132 cm³/mol. The zero-order valence-electron chi connectivity index (χ0n) is 19.4. The summed E-state index contributed by atoms with van der Waals surface area (Å²) in [5.74, 6) is 0.244. The standard InChI is InChI=1S/C27H29N3O3/c1-5-33-24-16-6-19(7-17-24)18-28-30-26(32)21-10-14-23(15-11-21)29-25(31)20-8-12-22(13-9-20)27(2,3)4/h6-18H,5H2,1-4H3,(H,29,31)(H,30,32). The molecule has 0 fully saturated rings. The molecule has 0 aromatic heterocycles. The second kappa shape index (κ2) is 10.6. The van der Waals surface area contributed by atoms with E-state index >= 15 is 0 Å². The quantitative estimate of drug-likeness (QED) is 0.379. The van der Waals surface area contributed by atoms with Crippen LogP contribution in [-0.2, 0) is 5.41 Å². The fourth-order valence-corrected chi connectivity index (χ4v) is 3.08. The predicted octanol–water partition coefficient (Wildman–Crippen LogP) is 5.40. The van der Waals surface area contributed by atoms with Gasteiger partial charge in [0, 0.05) is 16.8 Å². The van der Waals surface area contributed by atoms with Crippen LogP contribution in [0.3, 0.4) is 0 Å². The molecule has 0 unspecified atom stereocenters. The maximum Gasteiger partial charge on any atom is 0.271 e. The molecule has 0 saturated heterocycles. The van der Waals surface area contributed by atoms with E-state index in [-0.39, 0.29) is 17.2 Å². The molecule has 3 rings (SSSR count). The average molecular weight is 444 g/mol. The highest BCUT2D eigenvalue weighted by Crippen LogP contribution is 2.22. The Morgan fingerprint density at radius 1 is 0.848 bits per heavy atom. The van der Waals surface area contributed by atoms with Crippen LogP contribution in [0.1, 0.15) is 59.5 Å². The normalized spacial score (nSPS) is 11.3. The zero-order chi connectivity index (χ0) is 23.8. The first-order chi connectivity index (χ1) is 15.8. The van der Waals surface area contributed by atoms with Gasteiger partial charge >= 0.3 is 0 Å². The molecule has 2 amide bonds. The topological polar surface area (TPSA) is 79.8 Å². The van der Waals surface area contributed by atoms with Crippen molar-refractivity contribution in [1.29, 1.82) is 0 Å². The van der Waals surface area contributed by atoms with E-state index in [2.05, 4.69) is 36.6 Å². The fraction of sp³-hybridized carbons (Fsp3) is 0.222. The molecule has 3 aromatic rings. The third kappa shape index (κ3) is 6.77. The molecule has 0 aliphatic carbocycles. The lowest BCUT2D eigenvalue weighted by molar-refractivity contribution is 0.0954. The van der Waals surface area contributed by atoms with Crippen molar-refractivity contribution < 1.29 is 14.3 Å². The Morgan fingerprint density at radius 3 is 2.00 bits per heavy atom. The largest absolute Gasteiger partial charge is 0.494 e. The van der Waals surface area contributed by atoms with Crippen LogP contribution in [0.15, 0.2) is 77.9 Å². The zero-order valence-corrected chi connectivity index (χ0v) is 19.4. The lowest BCUT2D eigenvalue weighted by Gasteiger charge is -2.19. The molecule has 0 atom stereocenters. The number of hydrogen-bond acceptors (Lipinski definition) is 4. The third-order valence-electron chi connectivity index (χ3n) is 4.99. The number of benzene rings is 3. The third-order valence-corrected chi connectivity index (χ3v) is 4.99. The summed E-state index contributed by atoms with van der Waals surface area (Å²) in [6.45, 7) is 8.93. The van der Waals surface area contributed by atoms with E-state index in [4.69, 9.17) is 4.74 Å². The number of carbonyl (C=O) groups excluding carboxylic acids is 2. The molecule has 3 aromatic carbocycles. The molecule has 33 heavy (non-hydrogen) atoms. The number of rotatable bonds is 7. The number of amides is 2. The summed E-state index contributed by atoms with van der Waals surface area (Å²) in [5, 5.41) is 6.84. The minimum absolute atomic E-state index is 0.0314. The van der Waals surface area contributed by atoms with E-state index in [1.807, 2.05) is 55.5 Å². The van der Waals surface area contributed by atoms with E-state index in [0.29, 0.717) is 23.4 Å². The molecule has 0 radical (unpaired) electrons. The van der Waals surface area contributed by atoms with Gasteiger partial charge in [-0.2, -0.15) is 5.10 Å².